The second-order valence-electron chi connectivity index (χ2n) is 5.00. The zero-order valence-electron chi connectivity index (χ0n) is 12.5. The highest BCUT2D eigenvalue weighted by Crippen LogP contribution is 2.21. The van der Waals surface area contributed by atoms with E-state index in [0.717, 1.165) is 18.8 Å². The van der Waals surface area contributed by atoms with Crippen molar-refractivity contribution in [3.05, 3.63) is 24.0 Å². The fourth-order valence-corrected chi connectivity index (χ4v) is 2.51. The van der Waals surface area contributed by atoms with Crippen molar-refractivity contribution in [1.29, 1.82) is 0 Å². The van der Waals surface area contributed by atoms with E-state index >= 15 is 0 Å². The zero-order chi connectivity index (χ0) is 15.2. The second-order valence-corrected chi connectivity index (χ2v) is 5.00. The molecule has 0 bridgehead atoms. The van der Waals surface area contributed by atoms with Crippen molar-refractivity contribution in [1.82, 2.24) is 20.1 Å². The van der Waals surface area contributed by atoms with Gasteiger partial charge >= 0.3 is 11.8 Å². The molecule has 21 heavy (non-hydrogen) atoms. The summed E-state index contributed by atoms with van der Waals surface area (Å²) >= 11 is 0. The van der Waals surface area contributed by atoms with E-state index in [0.29, 0.717) is 19.8 Å². The monoisotopic (exact) mass is 294 g/mol. The first-order valence-corrected chi connectivity index (χ1v) is 7.06. The lowest BCUT2D eigenvalue weighted by atomic mass is 10.1. The number of ether oxygens (including phenoxy) is 1. The van der Waals surface area contributed by atoms with Gasteiger partial charge in [0.15, 0.2) is 0 Å². The Morgan fingerprint density at radius 1 is 1.33 bits per heavy atom. The minimum absolute atomic E-state index is 0.0301. The van der Waals surface area contributed by atoms with Crippen LogP contribution in [0.4, 0.5) is 0 Å². The summed E-state index contributed by atoms with van der Waals surface area (Å²) in [6, 6.07) is 4.04. The Bertz CT molecular complexity index is 494. The van der Waals surface area contributed by atoms with E-state index in [4.69, 9.17) is 4.74 Å². The Labute approximate surface area is 124 Å². The van der Waals surface area contributed by atoms with E-state index < -0.39 is 11.8 Å². The maximum atomic E-state index is 11.6. The fraction of sp³-hybridized carbons (Fsp3) is 0.571. The zero-order valence-corrected chi connectivity index (χ0v) is 12.5. The first-order chi connectivity index (χ1) is 10.1. The van der Waals surface area contributed by atoms with Gasteiger partial charge in [0.25, 0.3) is 0 Å². The summed E-state index contributed by atoms with van der Waals surface area (Å²) in [5.41, 5.74) is 1.11. The van der Waals surface area contributed by atoms with Gasteiger partial charge in [-0.3, -0.25) is 14.5 Å². The maximum absolute atomic E-state index is 11.6. The smallest absolute Gasteiger partial charge is 0.309 e. The molecule has 1 atom stereocenters. The third-order valence-corrected chi connectivity index (χ3v) is 3.70. The van der Waals surface area contributed by atoms with Crippen LogP contribution in [0, 0.1) is 0 Å². The number of nitrogens with one attached hydrogen (secondary N) is 2. The molecule has 0 radical (unpaired) electrons. The predicted molar refractivity (Wildman–Crippen MR) is 77.6 cm³/mol. The molecule has 2 heterocycles. The van der Waals surface area contributed by atoms with E-state index in [1.165, 1.54) is 7.05 Å². The molecule has 0 spiro atoms. The number of amides is 2. The molecule has 2 rings (SSSR count). The average Bonchev–Trinajstić information content (AvgIpc) is 2.93. The van der Waals surface area contributed by atoms with Gasteiger partial charge in [-0.25, -0.2) is 0 Å². The fourth-order valence-electron chi connectivity index (χ4n) is 2.51. The number of morpholine rings is 1. The molecule has 2 N–H and O–H groups in total. The highest BCUT2D eigenvalue weighted by atomic mass is 16.5. The Balaban J connectivity index is 2.07. The van der Waals surface area contributed by atoms with Crippen LogP contribution in [0.2, 0.25) is 0 Å². The molecule has 1 aromatic rings. The third kappa shape index (κ3) is 3.83. The summed E-state index contributed by atoms with van der Waals surface area (Å²) in [6.07, 6.45) is 1.98. The summed E-state index contributed by atoms with van der Waals surface area (Å²) in [6.45, 7) is 3.39. The lowest BCUT2D eigenvalue weighted by Crippen LogP contribution is -2.46. The molecule has 0 aliphatic carbocycles. The number of hydrogen-bond acceptors (Lipinski definition) is 4. The van der Waals surface area contributed by atoms with Crippen LogP contribution in [-0.4, -0.2) is 61.2 Å². The molecule has 0 unspecified atom stereocenters. The SMILES string of the molecule is CNC(=O)C(=O)NC[C@H](c1cccn1C)N1CCOCC1. The van der Waals surface area contributed by atoms with Crippen molar-refractivity contribution in [2.45, 2.75) is 6.04 Å². The summed E-state index contributed by atoms with van der Waals surface area (Å²) in [5.74, 6) is -1.23. The molecule has 1 aromatic heterocycles. The molecule has 1 fully saturated rings. The second kappa shape index (κ2) is 7.24. The minimum atomic E-state index is -0.623. The van der Waals surface area contributed by atoms with Gasteiger partial charge in [0, 0.05) is 45.6 Å². The molecule has 2 amide bonds. The van der Waals surface area contributed by atoms with Crippen LogP contribution in [-0.2, 0) is 21.4 Å². The summed E-state index contributed by atoms with van der Waals surface area (Å²) < 4.78 is 7.41. The first-order valence-electron chi connectivity index (χ1n) is 7.06. The molecule has 0 saturated carbocycles. The molecule has 7 heteroatoms. The normalized spacial score (nSPS) is 17.2. The summed E-state index contributed by atoms with van der Waals surface area (Å²) in [4.78, 5) is 25.2. The van der Waals surface area contributed by atoms with Gasteiger partial charge in [-0.2, -0.15) is 0 Å². The quantitative estimate of drug-likeness (QED) is 0.717. The van der Waals surface area contributed by atoms with Crippen molar-refractivity contribution in [3.8, 4) is 0 Å². The van der Waals surface area contributed by atoms with Gasteiger partial charge in [-0.05, 0) is 12.1 Å². The molecule has 1 aliphatic heterocycles. The van der Waals surface area contributed by atoms with Crippen molar-refractivity contribution in [2.24, 2.45) is 7.05 Å². The van der Waals surface area contributed by atoms with Gasteiger partial charge in [0.1, 0.15) is 0 Å². The van der Waals surface area contributed by atoms with Gasteiger partial charge in [0.05, 0.1) is 19.3 Å². The number of rotatable bonds is 4. The van der Waals surface area contributed by atoms with Gasteiger partial charge in [0.2, 0.25) is 0 Å². The number of carbonyl (C=O) groups is 2. The molecular weight excluding hydrogens is 272 g/mol. The van der Waals surface area contributed by atoms with Crippen molar-refractivity contribution in [3.63, 3.8) is 0 Å². The van der Waals surface area contributed by atoms with Crippen LogP contribution in [0.3, 0.4) is 0 Å². The Hall–Kier alpha value is -1.86. The molecule has 116 valence electrons. The Morgan fingerprint density at radius 3 is 2.62 bits per heavy atom. The number of nitrogens with zero attached hydrogens (tertiary/aromatic N) is 2. The van der Waals surface area contributed by atoms with Crippen molar-refractivity contribution in [2.75, 3.05) is 39.9 Å². The molecular formula is C14H22N4O3. The summed E-state index contributed by atoms with van der Waals surface area (Å²) in [7, 11) is 3.42. The van der Waals surface area contributed by atoms with Crippen LogP contribution in [0.25, 0.3) is 0 Å². The van der Waals surface area contributed by atoms with Gasteiger partial charge in [-0.1, -0.05) is 0 Å². The molecule has 1 aliphatic rings. The number of carbonyl (C=O) groups excluding carboxylic acids is 2. The van der Waals surface area contributed by atoms with Crippen molar-refractivity contribution >= 4 is 11.8 Å². The summed E-state index contributed by atoms with van der Waals surface area (Å²) in [5, 5.41) is 5.02. The lowest BCUT2D eigenvalue weighted by Gasteiger charge is -2.34. The Kier molecular flexibility index (Phi) is 5.35. The minimum Gasteiger partial charge on any atom is -0.379 e. The maximum Gasteiger partial charge on any atom is 0.309 e. The average molecular weight is 294 g/mol. The number of likely N-dealkylation sites (N-methyl/N-ethyl adjacent to an activating group) is 1. The molecule has 1 saturated heterocycles. The van der Waals surface area contributed by atoms with Gasteiger partial charge in [-0.15, -0.1) is 0 Å². The van der Waals surface area contributed by atoms with E-state index in [9.17, 15) is 9.59 Å². The first kappa shape index (κ1) is 15.5. The van der Waals surface area contributed by atoms with E-state index in [1.54, 1.807) is 0 Å². The largest absolute Gasteiger partial charge is 0.379 e. The van der Waals surface area contributed by atoms with E-state index in [2.05, 4.69) is 15.5 Å². The highest BCUT2D eigenvalue weighted by molar-refractivity contribution is 6.35. The van der Waals surface area contributed by atoms with Crippen LogP contribution in [0.5, 0.6) is 0 Å². The van der Waals surface area contributed by atoms with Crippen LogP contribution < -0.4 is 10.6 Å². The van der Waals surface area contributed by atoms with Crippen LogP contribution in [0.15, 0.2) is 18.3 Å². The number of hydrogen-bond donors (Lipinski definition) is 2. The predicted octanol–water partition coefficient (Wildman–Crippen LogP) is -0.739. The highest BCUT2D eigenvalue weighted by Gasteiger charge is 2.25. The molecule has 7 nitrogen and oxygen atoms in total. The third-order valence-electron chi connectivity index (χ3n) is 3.70. The van der Waals surface area contributed by atoms with E-state index in [1.807, 2.05) is 29.9 Å². The Morgan fingerprint density at radius 2 is 2.05 bits per heavy atom. The van der Waals surface area contributed by atoms with Crippen LogP contribution >= 0.6 is 0 Å². The number of aromatic nitrogens is 1. The van der Waals surface area contributed by atoms with E-state index in [-0.39, 0.29) is 6.04 Å². The standard InChI is InChI=1S/C14H22N4O3/c1-15-13(19)14(20)16-10-12(11-4-3-5-17(11)2)18-6-8-21-9-7-18/h3-5,12H,6-10H2,1-2H3,(H,15,19)(H,16,20)/t12-/m1/s1. The van der Waals surface area contributed by atoms with Gasteiger partial charge < -0.3 is 19.9 Å². The van der Waals surface area contributed by atoms with Crippen molar-refractivity contribution < 1.29 is 14.3 Å². The topological polar surface area (TPSA) is 75.6 Å². The molecule has 0 aromatic carbocycles. The number of aryl methyl sites for hydroxylation is 1. The lowest BCUT2D eigenvalue weighted by molar-refractivity contribution is -0.139. The van der Waals surface area contributed by atoms with Crippen LogP contribution in [0.1, 0.15) is 11.7 Å².